The zero-order valence-corrected chi connectivity index (χ0v) is 16.2. The van der Waals surface area contributed by atoms with E-state index >= 15 is 0 Å². The van der Waals surface area contributed by atoms with Gasteiger partial charge in [0, 0.05) is 23.0 Å². The van der Waals surface area contributed by atoms with Crippen molar-refractivity contribution in [2.45, 2.75) is 46.7 Å². The number of rotatable bonds is 7. The summed E-state index contributed by atoms with van der Waals surface area (Å²) >= 11 is 0. The Hall–Kier alpha value is -2.34. The van der Waals surface area contributed by atoms with E-state index < -0.39 is 5.97 Å². The smallest absolute Gasteiger partial charge is 0.374 e. The Morgan fingerprint density at radius 1 is 1.19 bits per heavy atom. The number of nitrogens with zero attached hydrogens (tertiary/aromatic N) is 1. The molecular formula is C20H28N2O4. The Morgan fingerprint density at radius 3 is 2.50 bits per heavy atom. The van der Waals surface area contributed by atoms with E-state index in [-0.39, 0.29) is 30.4 Å². The van der Waals surface area contributed by atoms with Crippen LogP contribution < -0.4 is 5.32 Å². The van der Waals surface area contributed by atoms with Gasteiger partial charge in [-0.2, -0.15) is 0 Å². The SMILES string of the molecule is CCOC(=O)c1oc2ccccc2c1CN(CC)CC(=O)NC(C)(C)C. The zero-order chi connectivity index (χ0) is 19.3. The topological polar surface area (TPSA) is 71.8 Å². The van der Waals surface area contributed by atoms with E-state index in [2.05, 4.69) is 5.32 Å². The molecule has 0 saturated heterocycles. The van der Waals surface area contributed by atoms with Crippen molar-refractivity contribution in [2.75, 3.05) is 19.7 Å². The number of hydrogen-bond acceptors (Lipinski definition) is 5. The lowest BCUT2D eigenvalue weighted by Crippen LogP contribution is -2.45. The maximum atomic E-state index is 12.3. The standard InChI is InChI=1S/C20H28N2O4/c1-6-22(13-17(23)21-20(3,4)5)12-15-14-10-8-9-11-16(14)26-18(15)19(24)25-7-2/h8-11H,6-7,12-13H2,1-5H3,(H,21,23). The van der Waals surface area contributed by atoms with E-state index in [1.807, 2.05) is 56.9 Å². The summed E-state index contributed by atoms with van der Waals surface area (Å²) in [7, 11) is 0. The van der Waals surface area contributed by atoms with Crippen molar-refractivity contribution in [2.24, 2.45) is 0 Å². The summed E-state index contributed by atoms with van der Waals surface area (Å²) in [6, 6.07) is 7.50. The molecule has 6 nitrogen and oxygen atoms in total. The lowest BCUT2D eigenvalue weighted by atomic mass is 10.1. The van der Waals surface area contributed by atoms with E-state index in [1.165, 1.54) is 0 Å². The predicted octanol–water partition coefficient (Wildman–Crippen LogP) is 3.35. The first-order chi connectivity index (χ1) is 12.2. The Bertz CT molecular complexity index is 774. The number of carbonyl (C=O) groups is 2. The predicted molar refractivity (Wildman–Crippen MR) is 101 cm³/mol. The molecule has 0 saturated carbocycles. The van der Waals surface area contributed by atoms with Crippen LogP contribution in [0.1, 0.15) is 50.7 Å². The summed E-state index contributed by atoms with van der Waals surface area (Å²) in [5.74, 6) is -0.318. The van der Waals surface area contributed by atoms with Gasteiger partial charge in [0.2, 0.25) is 11.7 Å². The van der Waals surface area contributed by atoms with Gasteiger partial charge in [-0.05, 0) is 40.3 Å². The van der Waals surface area contributed by atoms with Gasteiger partial charge in [-0.15, -0.1) is 0 Å². The number of nitrogens with one attached hydrogen (secondary N) is 1. The highest BCUT2D eigenvalue weighted by molar-refractivity contribution is 5.96. The highest BCUT2D eigenvalue weighted by Crippen LogP contribution is 2.27. The second kappa shape index (κ2) is 8.36. The number of ether oxygens (including phenoxy) is 1. The van der Waals surface area contributed by atoms with Crippen molar-refractivity contribution in [1.29, 1.82) is 0 Å². The van der Waals surface area contributed by atoms with E-state index in [9.17, 15) is 9.59 Å². The number of fused-ring (bicyclic) bond motifs is 1. The summed E-state index contributed by atoms with van der Waals surface area (Å²) in [5, 5.41) is 3.83. The molecule has 0 bridgehead atoms. The number of para-hydroxylation sites is 1. The van der Waals surface area contributed by atoms with Gasteiger partial charge in [0.05, 0.1) is 13.2 Å². The van der Waals surface area contributed by atoms with Crippen molar-refractivity contribution in [3.63, 3.8) is 0 Å². The van der Waals surface area contributed by atoms with Gasteiger partial charge in [0.25, 0.3) is 0 Å². The number of hydrogen-bond donors (Lipinski definition) is 1. The average molecular weight is 360 g/mol. The molecule has 1 amide bonds. The minimum absolute atomic E-state index is 0.0511. The molecule has 26 heavy (non-hydrogen) atoms. The number of likely N-dealkylation sites (N-methyl/N-ethyl adjacent to an activating group) is 1. The second-order valence-electron chi connectivity index (χ2n) is 7.23. The molecule has 0 spiro atoms. The molecule has 2 rings (SSSR count). The summed E-state index contributed by atoms with van der Waals surface area (Å²) < 4.78 is 10.9. The number of amides is 1. The Balaban J connectivity index is 2.28. The molecule has 1 aromatic carbocycles. The summed E-state index contributed by atoms with van der Waals surface area (Å²) in [6.45, 7) is 11.2. The average Bonchev–Trinajstić information content (AvgIpc) is 2.91. The maximum absolute atomic E-state index is 12.3. The molecule has 1 N–H and O–H groups in total. The lowest BCUT2D eigenvalue weighted by molar-refractivity contribution is -0.123. The van der Waals surface area contributed by atoms with Gasteiger partial charge >= 0.3 is 5.97 Å². The van der Waals surface area contributed by atoms with Crippen molar-refractivity contribution in [3.8, 4) is 0 Å². The molecule has 0 unspecified atom stereocenters. The van der Waals surface area contributed by atoms with E-state index in [0.717, 1.165) is 10.9 Å². The van der Waals surface area contributed by atoms with Crippen molar-refractivity contribution in [3.05, 3.63) is 35.6 Å². The van der Waals surface area contributed by atoms with Crippen LogP contribution in [0.5, 0.6) is 0 Å². The number of esters is 1. The molecule has 2 aromatic rings. The summed E-state index contributed by atoms with van der Waals surface area (Å²) in [6.07, 6.45) is 0. The minimum Gasteiger partial charge on any atom is -0.460 e. The van der Waals surface area contributed by atoms with Crippen molar-refractivity contribution < 1.29 is 18.7 Å². The van der Waals surface area contributed by atoms with Crippen molar-refractivity contribution in [1.82, 2.24) is 10.2 Å². The van der Waals surface area contributed by atoms with E-state index in [0.29, 0.717) is 18.7 Å². The third-order valence-electron chi connectivity index (χ3n) is 3.87. The first kappa shape index (κ1) is 20.0. The first-order valence-corrected chi connectivity index (χ1v) is 8.96. The van der Waals surface area contributed by atoms with Crippen LogP contribution in [-0.2, 0) is 16.1 Å². The van der Waals surface area contributed by atoms with Crippen molar-refractivity contribution >= 4 is 22.8 Å². The number of furan rings is 1. The Morgan fingerprint density at radius 2 is 1.88 bits per heavy atom. The van der Waals surface area contributed by atoms with Crippen LogP contribution in [0.4, 0.5) is 0 Å². The van der Waals surface area contributed by atoms with Crippen LogP contribution in [0, 0.1) is 0 Å². The molecule has 142 valence electrons. The maximum Gasteiger partial charge on any atom is 0.374 e. The van der Waals surface area contributed by atoms with E-state index in [1.54, 1.807) is 6.92 Å². The Kier molecular flexibility index (Phi) is 6.42. The summed E-state index contributed by atoms with van der Waals surface area (Å²) in [4.78, 5) is 26.5. The highest BCUT2D eigenvalue weighted by Gasteiger charge is 2.24. The zero-order valence-electron chi connectivity index (χ0n) is 16.2. The van der Waals surface area contributed by atoms with Crippen LogP contribution in [-0.4, -0.2) is 42.0 Å². The van der Waals surface area contributed by atoms with Crippen LogP contribution in [0.2, 0.25) is 0 Å². The molecule has 0 aliphatic carbocycles. The van der Waals surface area contributed by atoms with Gasteiger partial charge in [-0.3, -0.25) is 9.69 Å². The fourth-order valence-electron chi connectivity index (χ4n) is 2.78. The number of carbonyl (C=O) groups excluding carboxylic acids is 2. The Labute approximate surface area is 154 Å². The van der Waals surface area contributed by atoms with Gasteiger partial charge in [0.15, 0.2) is 0 Å². The number of benzene rings is 1. The highest BCUT2D eigenvalue weighted by atomic mass is 16.5. The van der Waals surface area contributed by atoms with Crippen LogP contribution in [0.15, 0.2) is 28.7 Å². The second-order valence-corrected chi connectivity index (χ2v) is 7.23. The molecule has 1 heterocycles. The van der Waals surface area contributed by atoms with Gasteiger partial charge < -0.3 is 14.5 Å². The quantitative estimate of drug-likeness (QED) is 0.767. The van der Waals surface area contributed by atoms with Gasteiger partial charge in [-0.25, -0.2) is 4.79 Å². The molecule has 0 aliphatic rings. The molecular weight excluding hydrogens is 332 g/mol. The minimum atomic E-state index is -0.478. The van der Waals surface area contributed by atoms with Crippen LogP contribution >= 0.6 is 0 Å². The lowest BCUT2D eigenvalue weighted by Gasteiger charge is -2.24. The molecule has 1 aromatic heterocycles. The first-order valence-electron chi connectivity index (χ1n) is 8.96. The molecule has 0 atom stereocenters. The molecule has 0 aliphatic heterocycles. The third kappa shape index (κ3) is 5.08. The normalized spacial score (nSPS) is 11.8. The van der Waals surface area contributed by atoms with Crippen LogP contribution in [0.25, 0.3) is 11.0 Å². The monoisotopic (exact) mass is 360 g/mol. The van der Waals surface area contributed by atoms with Crippen LogP contribution in [0.3, 0.4) is 0 Å². The fraction of sp³-hybridized carbons (Fsp3) is 0.500. The molecule has 0 fully saturated rings. The molecule has 0 radical (unpaired) electrons. The van der Waals surface area contributed by atoms with Gasteiger partial charge in [-0.1, -0.05) is 25.1 Å². The largest absolute Gasteiger partial charge is 0.460 e. The summed E-state index contributed by atoms with van der Waals surface area (Å²) in [5.41, 5.74) is 1.11. The molecule has 6 heteroatoms. The third-order valence-corrected chi connectivity index (χ3v) is 3.87. The van der Waals surface area contributed by atoms with E-state index in [4.69, 9.17) is 9.15 Å². The fourth-order valence-corrected chi connectivity index (χ4v) is 2.78. The van der Waals surface area contributed by atoms with Gasteiger partial charge in [0.1, 0.15) is 5.58 Å².